The van der Waals surface area contributed by atoms with Crippen molar-refractivity contribution in [1.29, 1.82) is 0 Å². The molecule has 0 atom stereocenters. The fourth-order valence-corrected chi connectivity index (χ4v) is 1.86. The van der Waals surface area contributed by atoms with Gasteiger partial charge >= 0.3 is 0 Å². The molecule has 0 saturated carbocycles. The molecule has 0 aliphatic rings. The van der Waals surface area contributed by atoms with Gasteiger partial charge in [-0.3, -0.25) is 4.68 Å². The Hall–Kier alpha value is -1.77. The Kier molecular flexibility index (Phi) is 3.47. The van der Waals surface area contributed by atoms with Crippen LogP contribution in [-0.4, -0.2) is 9.78 Å². The van der Waals surface area contributed by atoms with Crippen LogP contribution >= 0.6 is 0 Å². The molecule has 2 aromatic rings. The fraction of sp³-hybridized carbons (Fsp3) is 0.357. The highest BCUT2D eigenvalue weighted by molar-refractivity contribution is 5.44. The number of hydrogen-bond donors (Lipinski definition) is 1. The average Bonchev–Trinajstić information content (AvgIpc) is 2.66. The smallest absolute Gasteiger partial charge is 0.109 e. The van der Waals surface area contributed by atoms with Gasteiger partial charge in [0.25, 0.3) is 0 Å². The van der Waals surface area contributed by atoms with E-state index in [9.17, 15) is 0 Å². The third kappa shape index (κ3) is 2.87. The first-order valence-corrected chi connectivity index (χ1v) is 6.03. The standard InChI is InChI=1S/C14H19N3/c1-4-13-5-7-14(8-6-13)15-10-17-12(3)9-11(2)16-17/h5-9,15H,4,10H2,1-3H3. The first kappa shape index (κ1) is 11.7. The molecule has 3 nitrogen and oxygen atoms in total. The van der Waals surface area contributed by atoms with Crippen molar-refractivity contribution in [2.75, 3.05) is 5.32 Å². The third-order valence-corrected chi connectivity index (χ3v) is 2.90. The van der Waals surface area contributed by atoms with Gasteiger partial charge in [-0.15, -0.1) is 0 Å². The van der Waals surface area contributed by atoms with Gasteiger partial charge in [-0.2, -0.15) is 5.10 Å². The second kappa shape index (κ2) is 5.04. The van der Waals surface area contributed by atoms with Gasteiger partial charge in [-0.25, -0.2) is 0 Å². The fourth-order valence-electron chi connectivity index (χ4n) is 1.86. The molecule has 0 radical (unpaired) electrons. The molecule has 2 rings (SSSR count). The monoisotopic (exact) mass is 229 g/mol. The molecule has 1 aromatic heterocycles. The Morgan fingerprint density at radius 2 is 1.88 bits per heavy atom. The quantitative estimate of drug-likeness (QED) is 0.873. The van der Waals surface area contributed by atoms with E-state index in [1.807, 2.05) is 11.6 Å². The van der Waals surface area contributed by atoms with Crippen LogP contribution in [0.1, 0.15) is 23.9 Å². The number of nitrogens with zero attached hydrogens (tertiary/aromatic N) is 2. The highest BCUT2D eigenvalue weighted by Gasteiger charge is 1.99. The summed E-state index contributed by atoms with van der Waals surface area (Å²) in [5.74, 6) is 0. The zero-order chi connectivity index (χ0) is 12.3. The number of benzene rings is 1. The summed E-state index contributed by atoms with van der Waals surface area (Å²) in [4.78, 5) is 0. The van der Waals surface area contributed by atoms with Gasteiger partial charge in [0.15, 0.2) is 0 Å². The normalized spacial score (nSPS) is 10.5. The van der Waals surface area contributed by atoms with Crippen LogP contribution < -0.4 is 5.32 Å². The van der Waals surface area contributed by atoms with Gasteiger partial charge in [0.1, 0.15) is 6.67 Å². The predicted octanol–water partition coefficient (Wildman–Crippen LogP) is 3.13. The van der Waals surface area contributed by atoms with Gasteiger partial charge < -0.3 is 5.32 Å². The van der Waals surface area contributed by atoms with Crippen molar-refractivity contribution in [2.45, 2.75) is 33.9 Å². The molecule has 3 heteroatoms. The largest absolute Gasteiger partial charge is 0.366 e. The molecular weight excluding hydrogens is 210 g/mol. The number of aromatic nitrogens is 2. The van der Waals surface area contributed by atoms with E-state index in [-0.39, 0.29) is 0 Å². The highest BCUT2D eigenvalue weighted by Crippen LogP contribution is 2.10. The molecular formula is C14H19N3. The summed E-state index contributed by atoms with van der Waals surface area (Å²) in [6, 6.07) is 10.6. The number of nitrogens with one attached hydrogen (secondary N) is 1. The maximum absolute atomic E-state index is 4.41. The Morgan fingerprint density at radius 1 is 1.18 bits per heavy atom. The van der Waals surface area contributed by atoms with Crippen LogP contribution in [0.5, 0.6) is 0 Å². The first-order chi connectivity index (χ1) is 8.19. The maximum atomic E-state index is 4.41. The molecule has 0 spiro atoms. The van der Waals surface area contributed by atoms with E-state index in [1.54, 1.807) is 0 Å². The molecule has 0 amide bonds. The molecule has 0 aliphatic heterocycles. The predicted molar refractivity (Wildman–Crippen MR) is 71.1 cm³/mol. The zero-order valence-electron chi connectivity index (χ0n) is 10.7. The van der Waals surface area contributed by atoms with Crippen LogP contribution in [0, 0.1) is 13.8 Å². The van der Waals surface area contributed by atoms with Crippen molar-refractivity contribution in [3.05, 3.63) is 47.3 Å². The van der Waals surface area contributed by atoms with Gasteiger partial charge in [-0.05, 0) is 44.0 Å². The molecule has 0 unspecified atom stereocenters. The van der Waals surface area contributed by atoms with Crippen molar-refractivity contribution in [3.8, 4) is 0 Å². The second-order valence-electron chi connectivity index (χ2n) is 4.31. The summed E-state index contributed by atoms with van der Waals surface area (Å²) in [6.07, 6.45) is 1.08. The van der Waals surface area contributed by atoms with Crippen molar-refractivity contribution >= 4 is 5.69 Å². The molecule has 1 aromatic carbocycles. The average molecular weight is 229 g/mol. The summed E-state index contributed by atoms with van der Waals surface area (Å²) < 4.78 is 1.98. The lowest BCUT2D eigenvalue weighted by molar-refractivity contribution is 0.644. The molecule has 0 aliphatic carbocycles. The van der Waals surface area contributed by atoms with Crippen molar-refractivity contribution in [2.24, 2.45) is 0 Å². The minimum atomic E-state index is 0.713. The van der Waals surface area contributed by atoms with Crippen LogP contribution in [0.25, 0.3) is 0 Å². The molecule has 0 fully saturated rings. The Balaban J connectivity index is 1.99. The van der Waals surface area contributed by atoms with Crippen LogP contribution in [0.3, 0.4) is 0 Å². The van der Waals surface area contributed by atoms with Gasteiger partial charge in [0.05, 0.1) is 5.69 Å². The number of aryl methyl sites for hydroxylation is 3. The van der Waals surface area contributed by atoms with E-state index in [0.717, 1.165) is 17.8 Å². The van der Waals surface area contributed by atoms with E-state index in [1.165, 1.54) is 11.3 Å². The Morgan fingerprint density at radius 3 is 2.41 bits per heavy atom. The third-order valence-electron chi connectivity index (χ3n) is 2.90. The van der Waals surface area contributed by atoms with Crippen LogP contribution in [0.4, 0.5) is 5.69 Å². The molecule has 90 valence electrons. The minimum Gasteiger partial charge on any atom is -0.366 e. The molecule has 17 heavy (non-hydrogen) atoms. The summed E-state index contributed by atoms with van der Waals surface area (Å²) in [6.45, 7) is 6.96. The highest BCUT2D eigenvalue weighted by atomic mass is 15.3. The lowest BCUT2D eigenvalue weighted by Crippen LogP contribution is -2.10. The Bertz CT molecular complexity index is 483. The summed E-state index contributed by atoms with van der Waals surface area (Å²) in [5.41, 5.74) is 4.74. The summed E-state index contributed by atoms with van der Waals surface area (Å²) >= 11 is 0. The van der Waals surface area contributed by atoms with Crippen molar-refractivity contribution in [3.63, 3.8) is 0 Å². The Labute approximate surface area is 102 Å². The second-order valence-corrected chi connectivity index (χ2v) is 4.31. The summed E-state index contributed by atoms with van der Waals surface area (Å²) in [7, 11) is 0. The van der Waals surface area contributed by atoms with Gasteiger partial charge in [-0.1, -0.05) is 19.1 Å². The molecule has 1 heterocycles. The molecule has 1 N–H and O–H groups in total. The maximum Gasteiger partial charge on any atom is 0.109 e. The SMILES string of the molecule is CCc1ccc(NCn2nc(C)cc2C)cc1. The van der Waals surface area contributed by atoms with E-state index < -0.39 is 0 Å². The lowest BCUT2D eigenvalue weighted by Gasteiger charge is -2.08. The topological polar surface area (TPSA) is 29.9 Å². The van der Waals surface area contributed by atoms with E-state index in [2.05, 4.69) is 54.6 Å². The van der Waals surface area contributed by atoms with E-state index >= 15 is 0 Å². The van der Waals surface area contributed by atoms with Crippen LogP contribution in [-0.2, 0) is 13.1 Å². The first-order valence-electron chi connectivity index (χ1n) is 6.03. The summed E-state index contributed by atoms with van der Waals surface area (Å²) in [5, 5.41) is 7.78. The number of hydrogen-bond acceptors (Lipinski definition) is 2. The van der Waals surface area contributed by atoms with Gasteiger partial charge in [0.2, 0.25) is 0 Å². The van der Waals surface area contributed by atoms with E-state index in [4.69, 9.17) is 0 Å². The zero-order valence-corrected chi connectivity index (χ0v) is 10.7. The molecule has 0 saturated heterocycles. The number of rotatable bonds is 4. The van der Waals surface area contributed by atoms with Gasteiger partial charge in [0, 0.05) is 11.4 Å². The van der Waals surface area contributed by atoms with E-state index in [0.29, 0.717) is 6.67 Å². The minimum absolute atomic E-state index is 0.713. The van der Waals surface area contributed by atoms with Crippen LogP contribution in [0.15, 0.2) is 30.3 Å². The van der Waals surface area contributed by atoms with Crippen molar-refractivity contribution in [1.82, 2.24) is 9.78 Å². The van der Waals surface area contributed by atoms with Crippen molar-refractivity contribution < 1.29 is 0 Å². The molecule has 0 bridgehead atoms. The number of anilines is 1. The lowest BCUT2D eigenvalue weighted by atomic mass is 10.1. The van der Waals surface area contributed by atoms with Crippen LogP contribution in [0.2, 0.25) is 0 Å².